The summed E-state index contributed by atoms with van der Waals surface area (Å²) in [7, 11) is 0. The Bertz CT molecular complexity index is 773. The van der Waals surface area contributed by atoms with Crippen LogP contribution in [0, 0.1) is 0 Å². The summed E-state index contributed by atoms with van der Waals surface area (Å²) in [5.74, 6) is -3.79. The summed E-state index contributed by atoms with van der Waals surface area (Å²) in [6.45, 7) is -0.706. The molecule has 0 saturated carbocycles. The maximum atomic E-state index is 12.8. The Balaban J connectivity index is 2.93. The fourth-order valence-electron chi connectivity index (χ4n) is 2.45. The zero-order valence-electron chi connectivity index (χ0n) is 16.9. The van der Waals surface area contributed by atoms with Gasteiger partial charge in [0, 0.05) is 18.3 Å². The molecule has 4 amide bonds. The van der Waals surface area contributed by atoms with Crippen molar-refractivity contribution in [3.63, 3.8) is 0 Å². The van der Waals surface area contributed by atoms with Crippen molar-refractivity contribution in [1.82, 2.24) is 25.9 Å². The topological polar surface area (TPSA) is 222 Å². The highest BCUT2D eigenvalue weighted by Gasteiger charge is 2.29. The number of H-pyrrole nitrogens is 1. The van der Waals surface area contributed by atoms with Gasteiger partial charge in [0.2, 0.25) is 23.6 Å². The Labute approximate surface area is 182 Å². The molecule has 9 N–H and O–H groups in total. The maximum Gasteiger partial charge on any atom is 0.322 e. The van der Waals surface area contributed by atoms with E-state index in [4.69, 9.17) is 16.6 Å². The largest absolute Gasteiger partial charge is 0.480 e. The summed E-state index contributed by atoms with van der Waals surface area (Å²) in [5, 5.41) is 15.6. The van der Waals surface area contributed by atoms with E-state index < -0.39 is 60.7 Å². The molecule has 0 fully saturated rings. The number of carbonyl (C=O) groups is 5. The second-order valence-corrected chi connectivity index (χ2v) is 7.56. The number of aliphatic carboxylic acids is 1. The van der Waals surface area contributed by atoms with Crippen LogP contribution < -0.4 is 27.4 Å². The molecule has 3 unspecified atom stereocenters. The van der Waals surface area contributed by atoms with Crippen LogP contribution >= 0.6 is 11.8 Å². The Kier molecular flexibility index (Phi) is 11.1. The van der Waals surface area contributed by atoms with Crippen LogP contribution in [0.3, 0.4) is 0 Å². The van der Waals surface area contributed by atoms with E-state index in [1.165, 1.54) is 24.3 Å². The number of amides is 4. The molecule has 0 aliphatic carbocycles. The maximum absolute atomic E-state index is 12.8. The molecule has 13 nitrogen and oxygen atoms in total. The molecule has 1 heterocycles. The lowest BCUT2D eigenvalue weighted by Gasteiger charge is -2.23. The van der Waals surface area contributed by atoms with E-state index in [0.717, 1.165) is 0 Å². The number of thioether (sulfide) groups is 1. The van der Waals surface area contributed by atoms with Gasteiger partial charge < -0.3 is 37.5 Å². The Morgan fingerprint density at radius 2 is 1.84 bits per heavy atom. The number of primary amides is 1. The Morgan fingerprint density at radius 1 is 1.16 bits per heavy atom. The number of nitrogens with one attached hydrogen (secondary N) is 4. The predicted molar refractivity (Wildman–Crippen MR) is 112 cm³/mol. The summed E-state index contributed by atoms with van der Waals surface area (Å²) in [6, 6.07) is -3.41. The Hall–Kier alpha value is -3.13. The van der Waals surface area contributed by atoms with E-state index in [9.17, 15) is 24.0 Å². The lowest BCUT2D eigenvalue weighted by atomic mass is 10.1. The van der Waals surface area contributed by atoms with Gasteiger partial charge in [-0.05, 0) is 18.4 Å². The fourth-order valence-corrected chi connectivity index (χ4v) is 2.94. The number of nitrogens with zero attached hydrogens (tertiary/aromatic N) is 1. The van der Waals surface area contributed by atoms with E-state index in [0.29, 0.717) is 17.9 Å². The average molecular weight is 458 g/mol. The minimum atomic E-state index is -1.42. The van der Waals surface area contributed by atoms with Gasteiger partial charge in [-0.1, -0.05) is 0 Å². The minimum Gasteiger partial charge on any atom is -0.480 e. The molecule has 1 rings (SSSR count). The highest BCUT2D eigenvalue weighted by molar-refractivity contribution is 7.98. The summed E-state index contributed by atoms with van der Waals surface area (Å²) < 4.78 is 0. The number of aromatic nitrogens is 2. The average Bonchev–Trinajstić information content (AvgIpc) is 3.21. The number of rotatable bonds is 14. The van der Waals surface area contributed by atoms with Crippen molar-refractivity contribution >= 4 is 41.4 Å². The van der Waals surface area contributed by atoms with Crippen molar-refractivity contribution in [2.45, 2.75) is 37.4 Å². The van der Waals surface area contributed by atoms with Crippen molar-refractivity contribution in [1.29, 1.82) is 0 Å². The third kappa shape index (κ3) is 9.95. The number of aromatic amines is 1. The van der Waals surface area contributed by atoms with Crippen molar-refractivity contribution in [2.75, 3.05) is 18.6 Å². The quantitative estimate of drug-likeness (QED) is 0.152. The number of imidazole rings is 1. The van der Waals surface area contributed by atoms with Crippen molar-refractivity contribution in [2.24, 2.45) is 11.5 Å². The number of hydrogen-bond acceptors (Lipinski definition) is 8. The molecule has 0 aliphatic rings. The first-order chi connectivity index (χ1) is 14.6. The van der Waals surface area contributed by atoms with Gasteiger partial charge in [0.25, 0.3) is 0 Å². The van der Waals surface area contributed by atoms with E-state index in [-0.39, 0.29) is 6.42 Å². The lowest BCUT2D eigenvalue weighted by molar-refractivity contribution is -0.138. The summed E-state index contributed by atoms with van der Waals surface area (Å²) in [5.41, 5.74) is 11.5. The molecule has 0 spiro atoms. The molecule has 0 saturated heterocycles. The third-order valence-electron chi connectivity index (χ3n) is 4.03. The number of carboxylic acid groups (broad SMARTS) is 1. The molecule has 172 valence electrons. The second kappa shape index (κ2) is 13.2. The normalized spacial score (nSPS) is 13.5. The molecule has 31 heavy (non-hydrogen) atoms. The molecule has 0 aromatic carbocycles. The third-order valence-corrected chi connectivity index (χ3v) is 4.68. The fraction of sp³-hybridized carbons (Fsp3) is 0.529. The number of carbonyl (C=O) groups excluding carboxylic acids is 4. The SMILES string of the molecule is CSCCC(N)C(=O)NC(Cc1cnc[nH]1)C(=O)NC(CC(N)=O)C(=O)NCC(=O)O. The van der Waals surface area contributed by atoms with Gasteiger partial charge in [0.15, 0.2) is 0 Å². The molecule has 1 aromatic heterocycles. The lowest BCUT2D eigenvalue weighted by Crippen LogP contribution is -2.57. The van der Waals surface area contributed by atoms with Crippen LogP contribution in [0.15, 0.2) is 12.5 Å². The first-order valence-corrected chi connectivity index (χ1v) is 10.6. The standard InChI is InChI=1S/C17H27N7O6S/c1-31-3-2-10(18)15(28)23-11(4-9-6-20-8-22-9)17(30)24-12(5-13(19)25)16(29)21-7-14(26)27/h6,8,10-12H,2-5,7,18H2,1H3,(H2,19,25)(H,20,22)(H,21,29)(H,23,28)(H,24,30)(H,26,27). The number of hydrogen-bond donors (Lipinski definition) is 7. The van der Waals surface area contributed by atoms with Crippen molar-refractivity contribution in [3.05, 3.63) is 18.2 Å². The van der Waals surface area contributed by atoms with Gasteiger partial charge >= 0.3 is 5.97 Å². The van der Waals surface area contributed by atoms with Gasteiger partial charge in [-0.25, -0.2) is 4.98 Å². The van der Waals surface area contributed by atoms with Crippen LogP contribution in [-0.2, 0) is 30.4 Å². The first-order valence-electron chi connectivity index (χ1n) is 9.24. The van der Waals surface area contributed by atoms with Gasteiger partial charge in [-0.3, -0.25) is 24.0 Å². The van der Waals surface area contributed by atoms with E-state index >= 15 is 0 Å². The zero-order valence-corrected chi connectivity index (χ0v) is 17.7. The highest BCUT2D eigenvalue weighted by atomic mass is 32.2. The van der Waals surface area contributed by atoms with Gasteiger partial charge in [0.1, 0.15) is 18.6 Å². The molecule has 1 aromatic rings. The van der Waals surface area contributed by atoms with Gasteiger partial charge in [0.05, 0.1) is 18.8 Å². The molecular weight excluding hydrogens is 430 g/mol. The monoisotopic (exact) mass is 457 g/mol. The van der Waals surface area contributed by atoms with Crippen molar-refractivity contribution < 1.29 is 29.1 Å². The molecule has 0 bridgehead atoms. The zero-order chi connectivity index (χ0) is 23.4. The minimum absolute atomic E-state index is 0.00680. The van der Waals surface area contributed by atoms with Crippen LogP contribution in [0.5, 0.6) is 0 Å². The summed E-state index contributed by atoms with van der Waals surface area (Å²) >= 11 is 1.52. The highest BCUT2D eigenvalue weighted by Crippen LogP contribution is 2.04. The van der Waals surface area contributed by atoms with Gasteiger partial charge in [-0.15, -0.1) is 0 Å². The van der Waals surface area contributed by atoms with E-state index in [1.807, 2.05) is 6.26 Å². The molecule has 0 aliphatic heterocycles. The molecule has 0 radical (unpaired) electrons. The smallest absolute Gasteiger partial charge is 0.322 e. The van der Waals surface area contributed by atoms with Crippen LogP contribution in [0.4, 0.5) is 0 Å². The molecule has 3 atom stereocenters. The Morgan fingerprint density at radius 3 is 2.39 bits per heavy atom. The summed E-state index contributed by atoms with van der Waals surface area (Å²) in [6.07, 6.45) is 4.56. The van der Waals surface area contributed by atoms with Crippen LogP contribution in [0.25, 0.3) is 0 Å². The van der Waals surface area contributed by atoms with Crippen LogP contribution in [0.1, 0.15) is 18.5 Å². The molecular formula is C17H27N7O6S. The first kappa shape index (κ1) is 25.9. The number of carboxylic acids is 1. The summed E-state index contributed by atoms with van der Waals surface area (Å²) in [4.78, 5) is 66.0. The van der Waals surface area contributed by atoms with Crippen molar-refractivity contribution in [3.8, 4) is 0 Å². The van der Waals surface area contributed by atoms with E-state index in [2.05, 4.69) is 25.9 Å². The molecule has 14 heteroatoms. The van der Waals surface area contributed by atoms with E-state index in [1.54, 1.807) is 0 Å². The second-order valence-electron chi connectivity index (χ2n) is 6.57. The van der Waals surface area contributed by atoms with Crippen LogP contribution in [0.2, 0.25) is 0 Å². The number of nitrogens with two attached hydrogens (primary N) is 2. The predicted octanol–water partition coefficient (Wildman–Crippen LogP) is -2.92. The van der Waals surface area contributed by atoms with Gasteiger partial charge in [-0.2, -0.15) is 11.8 Å². The van der Waals surface area contributed by atoms with Crippen LogP contribution in [-0.4, -0.2) is 81.4 Å².